The summed E-state index contributed by atoms with van der Waals surface area (Å²) in [6.07, 6.45) is 11.5. The fourth-order valence-electron chi connectivity index (χ4n) is 2.42. The summed E-state index contributed by atoms with van der Waals surface area (Å²) >= 11 is 0. The molecule has 4 nitrogen and oxygen atoms in total. The normalized spacial score (nSPS) is 26.1. The van der Waals surface area contributed by atoms with E-state index in [4.69, 9.17) is 22.9 Å². The summed E-state index contributed by atoms with van der Waals surface area (Å²) in [7, 11) is 0. The van der Waals surface area contributed by atoms with Crippen LogP contribution in [0.3, 0.4) is 0 Å². The van der Waals surface area contributed by atoms with Gasteiger partial charge in [-0.3, -0.25) is 0 Å². The maximum Gasteiger partial charge on any atom is 0.0636 e. The van der Waals surface area contributed by atoms with Gasteiger partial charge in [-0.15, -0.1) is 0 Å². The van der Waals surface area contributed by atoms with Crippen LogP contribution in [0, 0.1) is 0 Å². The molecule has 2 aliphatic rings. The molecular formula is C12H28N4Pt. The molecule has 0 atom stereocenters. The quantitative estimate of drug-likeness (QED) is 0.439. The Morgan fingerprint density at radius 2 is 0.706 bits per heavy atom. The minimum Gasteiger partial charge on any atom is -0.313 e. The van der Waals surface area contributed by atoms with Crippen molar-refractivity contribution in [2.75, 3.05) is 0 Å². The van der Waals surface area contributed by atoms with Crippen LogP contribution in [0.2, 0.25) is 0 Å². The van der Waals surface area contributed by atoms with E-state index >= 15 is 0 Å². The largest absolute Gasteiger partial charge is 0.313 e. The van der Waals surface area contributed by atoms with E-state index in [0.717, 1.165) is 25.7 Å². The predicted octanol–water partition coefficient (Wildman–Crippen LogP) is 1.13. The van der Waals surface area contributed by atoms with Gasteiger partial charge in [0.25, 0.3) is 0 Å². The van der Waals surface area contributed by atoms with Gasteiger partial charge in [0.1, 0.15) is 0 Å². The number of nitrogens with two attached hydrogens (primary N) is 4. The molecule has 0 aromatic rings. The van der Waals surface area contributed by atoms with Crippen LogP contribution in [0.4, 0.5) is 0 Å². The Hall–Kier alpha value is 0.528. The molecule has 0 amide bonds. The maximum atomic E-state index is 5.66. The molecule has 106 valence electrons. The Morgan fingerprint density at radius 1 is 0.471 bits per heavy atom. The van der Waals surface area contributed by atoms with Gasteiger partial charge >= 0.3 is 0 Å². The molecule has 2 saturated carbocycles. The van der Waals surface area contributed by atoms with E-state index in [2.05, 4.69) is 0 Å². The van der Waals surface area contributed by atoms with Gasteiger partial charge < -0.3 is 22.9 Å². The van der Waals surface area contributed by atoms with Crippen LogP contribution in [0.15, 0.2) is 0 Å². The predicted molar refractivity (Wildman–Crippen MR) is 68.4 cm³/mol. The van der Waals surface area contributed by atoms with E-state index in [9.17, 15) is 0 Å². The van der Waals surface area contributed by atoms with Gasteiger partial charge in [0, 0.05) is 21.1 Å². The zero-order chi connectivity index (χ0) is 12.1. The molecule has 0 aliphatic heterocycles. The van der Waals surface area contributed by atoms with E-state index in [-0.39, 0.29) is 32.4 Å². The molecule has 0 radical (unpaired) electrons. The fraction of sp³-hybridized carbons (Fsp3) is 1.00. The third kappa shape index (κ3) is 8.28. The SMILES string of the molecule is NC1(N)CCCCC1.NC1(N)CCCCC1.[Pt]. The molecule has 0 aromatic heterocycles. The van der Waals surface area contributed by atoms with Crippen LogP contribution in [0.5, 0.6) is 0 Å². The van der Waals surface area contributed by atoms with E-state index in [0.29, 0.717) is 0 Å². The standard InChI is InChI=1S/2C6H14N2.Pt/c2*7-6(8)4-2-1-3-5-6;/h2*1-5,7-8H2;. The van der Waals surface area contributed by atoms with E-state index in [1.165, 1.54) is 38.5 Å². The smallest absolute Gasteiger partial charge is 0.0636 e. The van der Waals surface area contributed by atoms with Crippen LogP contribution in [-0.4, -0.2) is 11.3 Å². The Labute approximate surface area is 119 Å². The van der Waals surface area contributed by atoms with Gasteiger partial charge in [-0.25, -0.2) is 0 Å². The molecule has 5 heteroatoms. The van der Waals surface area contributed by atoms with Crippen LogP contribution in [0.1, 0.15) is 64.2 Å². The first-order valence-electron chi connectivity index (χ1n) is 6.57. The van der Waals surface area contributed by atoms with Crippen molar-refractivity contribution in [3.63, 3.8) is 0 Å². The Balaban J connectivity index is 0.000000284. The van der Waals surface area contributed by atoms with E-state index in [1.807, 2.05) is 0 Å². The summed E-state index contributed by atoms with van der Waals surface area (Å²) in [5.41, 5.74) is 22.0. The van der Waals surface area contributed by atoms with Crippen molar-refractivity contribution in [1.29, 1.82) is 0 Å². The van der Waals surface area contributed by atoms with Crippen LogP contribution in [0.25, 0.3) is 0 Å². The van der Waals surface area contributed by atoms with Gasteiger partial charge in [0.15, 0.2) is 0 Å². The third-order valence-corrected chi connectivity index (χ3v) is 3.57. The molecular weight excluding hydrogens is 395 g/mol. The topological polar surface area (TPSA) is 104 Å². The molecule has 0 spiro atoms. The van der Waals surface area contributed by atoms with Crippen LogP contribution < -0.4 is 22.9 Å². The van der Waals surface area contributed by atoms with Crippen molar-refractivity contribution in [2.24, 2.45) is 22.9 Å². The molecule has 2 rings (SSSR count). The molecule has 0 saturated heterocycles. The first-order chi connectivity index (χ1) is 7.41. The Morgan fingerprint density at radius 3 is 0.824 bits per heavy atom. The van der Waals surface area contributed by atoms with Crippen LogP contribution >= 0.6 is 0 Å². The monoisotopic (exact) mass is 423 g/mol. The van der Waals surface area contributed by atoms with Crippen molar-refractivity contribution in [3.05, 3.63) is 0 Å². The Bertz CT molecular complexity index is 169. The van der Waals surface area contributed by atoms with Crippen molar-refractivity contribution in [2.45, 2.75) is 75.5 Å². The molecule has 0 heterocycles. The second-order valence-electron chi connectivity index (χ2n) is 5.59. The summed E-state index contributed by atoms with van der Waals surface area (Å²) in [6.45, 7) is 0. The summed E-state index contributed by atoms with van der Waals surface area (Å²) in [4.78, 5) is 0. The first kappa shape index (κ1) is 17.5. The van der Waals surface area contributed by atoms with Crippen LogP contribution in [-0.2, 0) is 21.1 Å². The summed E-state index contributed by atoms with van der Waals surface area (Å²) < 4.78 is 0. The number of hydrogen-bond acceptors (Lipinski definition) is 4. The molecule has 0 bridgehead atoms. The molecule has 8 N–H and O–H groups in total. The van der Waals surface area contributed by atoms with Gasteiger partial charge in [-0.1, -0.05) is 38.5 Å². The summed E-state index contributed by atoms with van der Waals surface area (Å²) in [6, 6.07) is 0. The maximum absolute atomic E-state index is 5.66. The second-order valence-corrected chi connectivity index (χ2v) is 5.59. The zero-order valence-electron chi connectivity index (χ0n) is 10.7. The number of rotatable bonds is 0. The van der Waals surface area contributed by atoms with Gasteiger partial charge in [0.2, 0.25) is 0 Å². The van der Waals surface area contributed by atoms with Crippen molar-refractivity contribution in [1.82, 2.24) is 0 Å². The zero-order valence-corrected chi connectivity index (χ0v) is 13.0. The minimum absolute atomic E-state index is 0. The molecule has 0 aromatic carbocycles. The Kier molecular flexibility index (Phi) is 8.10. The van der Waals surface area contributed by atoms with Gasteiger partial charge in [-0.05, 0) is 25.7 Å². The van der Waals surface area contributed by atoms with Crippen molar-refractivity contribution >= 4 is 0 Å². The average molecular weight is 423 g/mol. The molecule has 2 fully saturated rings. The minimum atomic E-state index is -0.321. The fourth-order valence-corrected chi connectivity index (χ4v) is 2.42. The first-order valence-corrected chi connectivity index (χ1v) is 6.57. The van der Waals surface area contributed by atoms with E-state index < -0.39 is 0 Å². The average Bonchev–Trinajstić information content (AvgIpc) is 2.17. The summed E-state index contributed by atoms with van der Waals surface area (Å²) in [5, 5.41) is 0. The van der Waals surface area contributed by atoms with Gasteiger partial charge in [-0.2, -0.15) is 0 Å². The molecule has 17 heavy (non-hydrogen) atoms. The third-order valence-electron chi connectivity index (χ3n) is 3.57. The van der Waals surface area contributed by atoms with Crippen molar-refractivity contribution in [3.8, 4) is 0 Å². The number of hydrogen-bond donors (Lipinski definition) is 4. The molecule has 0 unspecified atom stereocenters. The van der Waals surface area contributed by atoms with Crippen molar-refractivity contribution < 1.29 is 21.1 Å². The van der Waals surface area contributed by atoms with Gasteiger partial charge in [0.05, 0.1) is 11.3 Å². The van der Waals surface area contributed by atoms with E-state index in [1.54, 1.807) is 0 Å². The summed E-state index contributed by atoms with van der Waals surface area (Å²) in [5.74, 6) is 0. The molecule has 2 aliphatic carbocycles. The second kappa shape index (κ2) is 7.85.